The first-order chi connectivity index (χ1) is 5.42. The Morgan fingerprint density at radius 3 is 3.18 bits per heavy atom. The van der Waals surface area contributed by atoms with Gasteiger partial charge in [0.15, 0.2) is 5.16 Å². The summed E-state index contributed by atoms with van der Waals surface area (Å²) in [4.78, 5) is 4.24. The van der Waals surface area contributed by atoms with E-state index in [4.69, 9.17) is 0 Å². The zero-order chi connectivity index (χ0) is 7.68. The van der Waals surface area contributed by atoms with Crippen LogP contribution in [0.3, 0.4) is 0 Å². The molecule has 2 nitrogen and oxygen atoms in total. The highest BCUT2D eigenvalue weighted by Crippen LogP contribution is 2.14. The van der Waals surface area contributed by atoms with Gasteiger partial charge in [0.1, 0.15) is 0 Å². The van der Waals surface area contributed by atoms with Crippen molar-refractivity contribution in [1.29, 1.82) is 0 Å². The summed E-state index contributed by atoms with van der Waals surface area (Å²) in [6.45, 7) is 0. The third kappa shape index (κ3) is 1.01. The molecule has 0 aromatic carbocycles. The van der Waals surface area contributed by atoms with Gasteiger partial charge in [0.2, 0.25) is 0 Å². The molecule has 0 fully saturated rings. The molecule has 0 atom stereocenters. The first kappa shape index (κ1) is 6.73. The highest BCUT2D eigenvalue weighted by Gasteiger charge is 1.98. The predicted molar refractivity (Wildman–Crippen MR) is 47.0 cm³/mol. The van der Waals surface area contributed by atoms with E-state index in [9.17, 15) is 0 Å². The van der Waals surface area contributed by atoms with Crippen molar-refractivity contribution in [2.24, 2.45) is 0 Å². The summed E-state index contributed by atoms with van der Waals surface area (Å²) in [5.74, 6) is 0. The van der Waals surface area contributed by atoms with Gasteiger partial charge in [0.25, 0.3) is 0 Å². The maximum atomic E-state index is 4.24. The van der Waals surface area contributed by atoms with Crippen molar-refractivity contribution < 1.29 is 0 Å². The number of thioether (sulfide) groups is 1. The molecule has 0 aliphatic carbocycles. The molecule has 0 bridgehead atoms. The summed E-state index contributed by atoms with van der Waals surface area (Å²) in [7, 11) is 0. The number of hydrogen-bond donors (Lipinski definition) is 0. The average Bonchev–Trinajstić information content (AvgIpc) is 2.47. The Hall–Kier alpha value is -0.960. The molecule has 0 saturated carbocycles. The molecular formula is C8H8N2S. The van der Waals surface area contributed by atoms with Crippen LogP contribution in [0.5, 0.6) is 0 Å². The van der Waals surface area contributed by atoms with Crippen LogP contribution in [0.4, 0.5) is 0 Å². The molecule has 0 unspecified atom stereocenters. The van der Waals surface area contributed by atoms with Crippen molar-refractivity contribution in [2.45, 2.75) is 5.16 Å². The minimum atomic E-state index is 1.04. The number of hydrogen-bond acceptors (Lipinski definition) is 2. The molecule has 0 spiro atoms. The lowest BCUT2D eigenvalue weighted by Crippen LogP contribution is -1.83. The minimum absolute atomic E-state index is 1.04. The Labute approximate surface area is 69.3 Å². The number of pyridine rings is 1. The fraction of sp³-hybridized carbons (Fsp3) is 0.125. The van der Waals surface area contributed by atoms with Crippen LogP contribution in [0.15, 0.2) is 35.7 Å². The van der Waals surface area contributed by atoms with Gasteiger partial charge in [-0.25, -0.2) is 4.98 Å². The van der Waals surface area contributed by atoms with Crippen LogP contribution in [0.25, 0.3) is 5.52 Å². The maximum absolute atomic E-state index is 4.24. The molecule has 0 amide bonds. The van der Waals surface area contributed by atoms with Crippen molar-refractivity contribution in [2.75, 3.05) is 6.26 Å². The van der Waals surface area contributed by atoms with E-state index in [2.05, 4.69) is 9.38 Å². The molecule has 0 aliphatic rings. The Balaban J connectivity index is 2.76. The summed E-state index contributed by atoms with van der Waals surface area (Å²) in [6.07, 6.45) is 5.93. The molecule has 3 heteroatoms. The molecule has 2 aromatic rings. The number of imidazole rings is 1. The summed E-state index contributed by atoms with van der Waals surface area (Å²) < 4.78 is 2.07. The highest BCUT2D eigenvalue weighted by molar-refractivity contribution is 7.98. The van der Waals surface area contributed by atoms with Gasteiger partial charge in [0.05, 0.1) is 11.7 Å². The van der Waals surface area contributed by atoms with E-state index >= 15 is 0 Å². The third-order valence-corrected chi connectivity index (χ3v) is 2.25. The van der Waals surface area contributed by atoms with E-state index in [1.54, 1.807) is 11.8 Å². The van der Waals surface area contributed by atoms with Crippen LogP contribution < -0.4 is 0 Å². The topological polar surface area (TPSA) is 17.3 Å². The second kappa shape index (κ2) is 2.58. The standard InChI is InChI=1S/C8H8N2S/c1-11-8-9-6-7-4-2-3-5-10(7)8/h2-6H,1H3. The first-order valence-corrected chi connectivity index (χ1v) is 4.60. The second-order valence-corrected chi connectivity index (χ2v) is 3.01. The van der Waals surface area contributed by atoms with Gasteiger partial charge in [-0.15, -0.1) is 0 Å². The van der Waals surface area contributed by atoms with E-state index in [1.807, 2.05) is 36.8 Å². The van der Waals surface area contributed by atoms with Gasteiger partial charge >= 0.3 is 0 Å². The molecule has 0 aliphatic heterocycles. The third-order valence-electron chi connectivity index (χ3n) is 1.59. The lowest BCUT2D eigenvalue weighted by Gasteiger charge is -1.94. The second-order valence-electron chi connectivity index (χ2n) is 2.24. The van der Waals surface area contributed by atoms with E-state index in [0.717, 1.165) is 10.7 Å². The molecule has 0 saturated heterocycles. The quantitative estimate of drug-likeness (QED) is 0.600. The normalized spacial score (nSPS) is 10.6. The summed E-state index contributed by atoms with van der Waals surface area (Å²) in [5.41, 5.74) is 1.15. The smallest absolute Gasteiger partial charge is 0.172 e. The molecular weight excluding hydrogens is 156 g/mol. The van der Waals surface area contributed by atoms with E-state index < -0.39 is 0 Å². The van der Waals surface area contributed by atoms with E-state index in [0.29, 0.717) is 0 Å². The molecule has 2 rings (SSSR count). The lowest BCUT2D eigenvalue weighted by atomic mass is 10.4. The van der Waals surface area contributed by atoms with Crippen molar-refractivity contribution in [3.63, 3.8) is 0 Å². The van der Waals surface area contributed by atoms with Crippen molar-refractivity contribution in [3.05, 3.63) is 30.6 Å². The van der Waals surface area contributed by atoms with Gasteiger partial charge in [-0.2, -0.15) is 0 Å². The number of rotatable bonds is 1. The number of fused-ring (bicyclic) bond motifs is 1. The number of nitrogens with zero attached hydrogens (tertiary/aromatic N) is 2. The van der Waals surface area contributed by atoms with Crippen LogP contribution in [0, 0.1) is 0 Å². The first-order valence-electron chi connectivity index (χ1n) is 3.38. The largest absolute Gasteiger partial charge is 0.295 e. The van der Waals surface area contributed by atoms with Gasteiger partial charge in [-0.05, 0) is 18.4 Å². The molecule has 0 N–H and O–H groups in total. The Morgan fingerprint density at radius 1 is 1.45 bits per heavy atom. The van der Waals surface area contributed by atoms with Crippen molar-refractivity contribution >= 4 is 17.3 Å². The fourth-order valence-electron chi connectivity index (χ4n) is 1.07. The van der Waals surface area contributed by atoms with Crippen LogP contribution in [-0.4, -0.2) is 15.6 Å². The number of aromatic nitrogens is 2. The Bertz CT molecular complexity index is 367. The predicted octanol–water partition coefficient (Wildman–Crippen LogP) is 2.06. The van der Waals surface area contributed by atoms with E-state index in [-0.39, 0.29) is 0 Å². The molecule has 2 aromatic heterocycles. The summed E-state index contributed by atoms with van der Waals surface area (Å²) in [6, 6.07) is 6.07. The fourth-order valence-corrected chi connectivity index (χ4v) is 1.59. The van der Waals surface area contributed by atoms with Gasteiger partial charge in [-0.3, -0.25) is 4.40 Å². The Kier molecular flexibility index (Phi) is 1.58. The average molecular weight is 164 g/mol. The van der Waals surface area contributed by atoms with Gasteiger partial charge in [0, 0.05) is 6.20 Å². The van der Waals surface area contributed by atoms with Crippen molar-refractivity contribution in [1.82, 2.24) is 9.38 Å². The lowest BCUT2D eigenvalue weighted by molar-refractivity contribution is 0.961. The summed E-state index contributed by atoms with van der Waals surface area (Å²) >= 11 is 1.66. The van der Waals surface area contributed by atoms with Crippen molar-refractivity contribution in [3.8, 4) is 0 Å². The van der Waals surface area contributed by atoms with Crippen LogP contribution in [-0.2, 0) is 0 Å². The molecule has 0 radical (unpaired) electrons. The molecule has 56 valence electrons. The highest BCUT2D eigenvalue weighted by atomic mass is 32.2. The van der Waals surface area contributed by atoms with E-state index in [1.165, 1.54) is 0 Å². The van der Waals surface area contributed by atoms with Crippen LogP contribution >= 0.6 is 11.8 Å². The minimum Gasteiger partial charge on any atom is -0.295 e. The zero-order valence-electron chi connectivity index (χ0n) is 6.19. The van der Waals surface area contributed by atoms with Crippen LogP contribution in [0.2, 0.25) is 0 Å². The summed E-state index contributed by atoms with van der Waals surface area (Å²) in [5, 5.41) is 1.04. The zero-order valence-corrected chi connectivity index (χ0v) is 7.01. The maximum Gasteiger partial charge on any atom is 0.172 e. The molecule has 2 heterocycles. The van der Waals surface area contributed by atoms with Gasteiger partial charge in [-0.1, -0.05) is 17.8 Å². The monoisotopic (exact) mass is 164 g/mol. The Morgan fingerprint density at radius 2 is 2.36 bits per heavy atom. The SMILES string of the molecule is CSc1ncc2ccccn12. The molecule has 11 heavy (non-hydrogen) atoms. The van der Waals surface area contributed by atoms with Gasteiger partial charge < -0.3 is 0 Å². The van der Waals surface area contributed by atoms with Crippen LogP contribution in [0.1, 0.15) is 0 Å².